The Morgan fingerprint density at radius 3 is 1.60 bits per heavy atom. The van der Waals surface area contributed by atoms with Crippen molar-refractivity contribution in [1.82, 2.24) is 9.97 Å². The van der Waals surface area contributed by atoms with Gasteiger partial charge in [0, 0.05) is 35.0 Å². The molecule has 1 aromatic heterocycles. The Morgan fingerprint density at radius 2 is 1.14 bits per heavy atom. The summed E-state index contributed by atoms with van der Waals surface area (Å²) in [5.41, 5.74) is 7.09. The second-order valence-corrected chi connectivity index (χ2v) is 8.13. The first-order valence-corrected chi connectivity index (χ1v) is 13.0. The van der Waals surface area contributed by atoms with Crippen LogP contribution in [0, 0.1) is 0 Å². The van der Waals surface area contributed by atoms with E-state index in [2.05, 4.69) is 115 Å². The Hall–Kier alpha value is -3.46. The summed E-state index contributed by atoms with van der Waals surface area (Å²) in [6, 6.07) is 28.0. The number of para-hydroxylation sites is 2. The Labute approximate surface area is 212 Å². The fourth-order valence-corrected chi connectivity index (χ4v) is 4.05. The van der Waals surface area contributed by atoms with Gasteiger partial charge in [0.25, 0.3) is 0 Å². The highest BCUT2D eigenvalue weighted by molar-refractivity contribution is 5.81. The summed E-state index contributed by atoms with van der Waals surface area (Å²) in [5, 5.41) is 0. The lowest BCUT2D eigenvalue weighted by atomic mass is 9.76. The zero-order valence-electron chi connectivity index (χ0n) is 22.5. The number of aromatic nitrogens is 2. The molecule has 0 aliphatic carbocycles. The van der Waals surface area contributed by atoms with Crippen LogP contribution in [0.3, 0.4) is 0 Å². The van der Waals surface area contributed by atoms with Crippen molar-refractivity contribution in [3.05, 3.63) is 103 Å². The van der Waals surface area contributed by atoms with Crippen molar-refractivity contribution in [2.24, 2.45) is 0 Å². The smallest absolute Gasteiger partial charge is 0.115 e. The molecule has 4 rings (SSSR count). The molecule has 0 fully saturated rings. The Kier molecular flexibility index (Phi) is 11.2. The third-order valence-corrected chi connectivity index (χ3v) is 6.37. The first-order chi connectivity index (χ1) is 17.2. The molecule has 3 aromatic carbocycles. The van der Waals surface area contributed by atoms with Gasteiger partial charge in [-0.25, -0.2) is 9.97 Å². The number of benzene rings is 3. The van der Waals surface area contributed by atoms with Crippen LogP contribution < -0.4 is 4.90 Å². The molecule has 3 nitrogen and oxygen atoms in total. The Bertz CT molecular complexity index is 1070. The molecule has 0 amide bonds. The Balaban J connectivity index is 0.00000103. The fraction of sp³-hybridized carbons (Fsp3) is 0.312. The van der Waals surface area contributed by atoms with Gasteiger partial charge in [-0.2, -0.15) is 0 Å². The summed E-state index contributed by atoms with van der Waals surface area (Å²) < 4.78 is 0. The van der Waals surface area contributed by atoms with E-state index in [9.17, 15) is 0 Å². The van der Waals surface area contributed by atoms with Gasteiger partial charge in [-0.05, 0) is 65.8 Å². The summed E-state index contributed by atoms with van der Waals surface area (Å²) in [4.78, 5) is 10.8. The van der Waals surface area contributed by atoms with Gasteiger partial charge in [0.1, 0.15) is 6.33 Å². The van der Waals surface area contributed by atoms with Gasteiger partial charge in [-0.15, -0.1) is 0 Å². The molecule has 0 spiro atoms. The summed E-state index contributed by atoms with van der Waals surface area (Å²) in [6.45, 7) is 14.9. The van der Waals surface area contributed by atoms with Crippen LogP contribution in [0.15, 0.2) is 97.6 Å². The van der Waals surface area contributed by atoms with Gasteiger partial charge in [0.05, 0.1) is 0 Å². The van der Waals surface area contributed by atoms with Crippen molar-refractivity contribution in [1.29, 1.82) is 0 Å². The molecule has 3 heteroatoms. The van der Waals surface area contributed by atoms with Crippen LogP contribution in [-0.4, -0.2) is 9.97 Å². The monoisotopic (exact) mass is 467 g/mol. The van der Waals surface area contributed by atoms with Crippen molar-refractivity contribution in [3.8, 4) is 11.1 Å². The van der Waals surface area contributed by atoms with Crippen molar-refractivity contribution in [2.75, 3.05) is 4.90 Å². The zero-order valence-corrected chi connectivity index (χ0v) is 22.5. The average Bonchev–Trinajstić information content (AvgIpc) is 2.97. The van der Waals surface area contributed by atoms with Crippen LogP contribution >= 0.6 is 0 Å². The second kappa shape index (κ2) is 14.1. The Morgan fingerprint density at radius 1 is 0.657 bits per heavy atom. The minimum atomic E-state index is 0.0444. The number of hydrogen-bond acceptors (Lipinski definition) is 3. The summed E-state index contributed by atoms with van der Waals surface area (Å²) in [6.07, 6.45) is 7.46. The predicted molar refractivity (Wildman–Crippen MR) is 153 cm³/mol. The fourth-order valence-electron chi connectivity index (χ4n) is 4.05. The van der Waals surface area contributed by atoms with Gasteiger partial charge in [0.15, 0.2) is 0 Å². The minimum absolute atomic E-state index is 0.0444. The van der Waals surface area contributed by atoms with E-state index < -0.39 is 0 Å². The van der Waals surface area contributed by atoms with Crippen LogP contribution in [0.1, 0.15) is 66.9 Å². The topological polar surface area (TPSA) is 29.0 Å². The highest BCUT2D eigenvalue weighted by atomic mass is 15.1. The number of hydrogen-bond donors (Lipinski definition) is 0. The maximum atomic E-state index is 4.22. The molecule has 0 saturated heterocycles. The molecule has 0 atom stereocenters. The van der Waals surface area contributed by atoms with E-state index in [-0.39, 0.29) is 5.41 Å². The third-order valence-electron chi connectivity index (χ3n) is 6.37. The predicted octanol–water partition coefficient (Wildman–Crippen LogP) is 9.74. The lowest BCUT2D eigenvalue weighted by molar-refractivity contribution is 0.440. The maximum absolute atomic E-state index is 4.22. The first-order valence-electron chi connectivity index (χ1n) is 13.0. The summed E-state index contributed by atoms with van der Waals surface area (Å²) >= 11 is 0. The molecule has 0 radical (unpaired) electrons. The molecular weight excluding hydrogens is 426 g/mol. The molecular formula is C32H41N3. The van der Waals surface area contributed by atoms with E-state index in [4.69, 9.17) is 0 Å². The second-order valence-electron chi connectivity index (χ2n) is 8.13. The third kappa shape index (κ3) is 6.57. The van der Waals surface area contributed by atoms with Crippen LogP contribution in [0.25, 0.3) is 11.1 Å². The van der Waals surface area contributed by atoms with E-state index >= 15 is 0 Å². The average molecular weight is 468 g/mol. The number of nitrogens with zero attached hydrogens (tertiary/aromatic N) is 3. The van der Waals surface area contributed by atoms with Gasteiger partial charge in [0.2, 0.25) is 0 Å². The molecule has 0 unspecified atom stereocenters. The van der Waals surface area contributed by atoms with Crippen LogP contribution in [-0.2, 0) is 5.41 Å². The van der Waals surface area contributed by atoms with Crippen molar-refractivity contribution in [3.63, 3.8) is 0 Å². The molecule has 0 bridgehead atoms. The van der Waals surface area contributed by atoms with Gasteiger partial charge < -0.3 is 4.90 Å². The lowest BCUT2D eigenvalue weighted by Gasteiger charge is -2.35. The molecule has 184 valence electrons. The molecule has 0 saturated carbocycles. The minimum Gasteiger partial charge on any atom is -0.310 e. The largest absolute Gasteiger partial charge is 0.310 e. The SMILES string of the molecule is CC.CC.CCC(C)(CC)c1cc(-c2cncnc2)ccc1N(c1ccccc1)c1ccccc1. The zero-order chi connectivity index (χ0) is 25.7. The van der Waals surface area contributed by atoms with Gasteiger partial charge >= 0.3 is 0 Å². The molecule has 0 N–H and O–H groups in total. The normalized spacial score (nSPS) is 10.4. The summed E-state index contributed by atoms with van der Waals surface area (Å²) in [5.74, 6) is 0. The highest BCUT2D eigenvalue weighted by Gasteiger charge is 2.29. The van der Waals surface area contributed by atoms with Crippen LogP contribution in [0.4, 0.5) is 17.1 Å². The highest BCUT2D eigenvalue weighted by Crippen LogP contribution is 2.44. The van der Waals surface area contributed by atoms with Crippen molar-refractivity contribution in [2.45, 2.75) is 66.7 Å². The molecule has 1 heterocycles. The van der Waals surface area contributed by atoms with Gasteiger partial charge in [-0.1, -0.05) is 90.9 Å². The lowest BCUT2D eigenvalue weighted by Crippen LogP contribution is -2.24. The molecule has 4 aromatic rings. The quantitative estimate of drug-likeness (QED) is 0.271. The number of rotatable bonds is 7. The number of anilines is 3. The van der Waals surface area contributed by atoms with E-state index in [1.54, 1.807) is 6.33 Å². The molecule has 0 aliphatic rings. The van der Waals surface area contributed by atoms with Crippen molar-refractivity contribution >= 4 is 17.1 Å². The van der Waals surface area contributed by atoms with E-state index in [0.717, 1.165) is 35.3 Å². The van der Waals surface area contributed by atoms with Gasteiger partial charge in [-0.3, -0.25) is 0 Å². The first kappa shape index (κ1) is 27.8. The maximum Gasteiger partial charge on any atom is 0.115 e. The van der Waals surface area contributed by atoms with E-state index in [1.165, 1.54) is 11.3 Å². The van der Waals surface area contributed by atoms with Crippen LogP contribution in [0.5, 0.6) is 0 Å². The van der Waals surface area contributed by atoms with Crippen molar-refractivity contribution < 1.29 is 0 Å². The standard InChI is InChI=1S/C28H29N3.2C2H6/c1-4-28(3,5-2)26-18-22(23-19-29-21-30-20-23)16-17-27(26)31(24-12-8-6-9-13-24)25-14-10-7-11-15-25;2*1-2/h6-21H,4-5H2,1-3H3;2*1-2H3. The van der Waals surface area contributed by atoms with Crippen LogP contribution in [0.2, 0.25) is 0 Å². The van der Waals surface area contributed by atoms with E-state index in [0.29, 0.717) is 0 Å². The molecule has 35 heavy (non-hydrogen) atoms. The summed E-state index contributed by atoms with van der Waals surface area (Å²) in [7, 11) is 0. The van der Waals surface area contributed by atoms with E-state index in [1.807, 2.05) is 40.1 Å². The molecule has 0 aliphatic heterocycles.